The van der Waals surface area contributed by atoms with Crippen molar-refractivity contribution in [2.75, 3.05) is 11.9 Å². The van der Waals surface area contributed by atoms with E-state index in [4.69, 9.17) is 0 Å². The quantitative estimate of drug-likeness (QED) is 0.813. The van der Waals surface area contributed by atoms with Gasteiger partial charge in [0.05, 0.1) is 0 Å². The van der Waals surface area contributed by atoms with Crippen molar-refractivity contribution in [3.63, 3.8) is 0 Å². The van der Waals surface area contributed by atoms with Crippen LogP contribution in [0.5, 0.6) is 5.75 Å². The molecular weight excluding hydrogens is 344 g/mol. The van der Waals surface area contributed by atoms with E-state index < -0.39 is 0 Å². The summed E-state index contributed by atoms with van der Waals surface area (Å²) in [7, 11) is 0. The number of anilines is 1. The SMILES string of the molecule is Cc1cccc(NC(=O)CN=Cc2cc(Br)ccc2O)c1C. The number of carbonyl (C=O) groups is 1. The van der Waals surface area contributed by atoms with Gasteiger partial charge in [-0.2, -0.15) is 0 Å². The van der Waals surface area contributed by atoms with Gasteiger partial charge in [-0.1, -0.05) is 28.1 Å². The number of aromatic hydroxyl groups is 1. The van der Waals surface area contributed by atoms with Gasteiger partial charge in [0.2, 0.25) is 5.91 Å². The average molecular weight is 361 g/mol. The lowest BCUT2D eigenvalue weighted by Gasteiger charge is -2.09. The maximum absolute atomic E-state index is 11.9. The molecule has 5 heteroatoms. The molecule has 0 spiro atoms. The van der Waals surface area contributed by atoms with Crippen molar-refractivity contribution in [3.8, 4) is 5.75 Å². The molecule has 0 radical (unpaired) electrons. The summed E-state index contributed by atoms with van der Waals surface area (Å²) in [6.45, 7) is 3.96. The molecule has 0 heterocycles. The summed E-state index contributed by atoms with van der Waals surface area (Å²) in [6, 6.07) is 10.8. The highest BCUT2D eigenvalue weighted by atomic mass is 79.9. The van der Waals surface area contributed by atoms with E-state index in [0.717, 1.165) is 21.3 Å². The van der Waals surface area contributed by atoms with Crippen LogP contribution in [-0.4, -0.2) is 23.8 Å². The number of hydrogen-bond acceptors (Lipinski definition) is 3. The van der Waals surface area contributed by atoms with Crippen LogP contribution in [0.3, 0.4) is 0 Å². The molecular formula is C17H17BrN2O2. The number of amides is 1. The predicted molar refractivity (Wildman–Crippen MR) is 92.8 cm³/mol. The number of carbonyl (C=O) groups excluding carboxylic acids is 1. The molecule has 0 aromatic heterocycles. The van der Waals surface area contributed by atoms with Crippen molar-refractivity contribution < 1.29 is 9.90 Å². The standard InChI is InChI=1S/C17H17BrN2O2/c1-11-4-3-5-15(12(11)2)20-17(22)10-19-9-13-8-14(18)6-7-16(13)21/h3-9,21H,10H2,1-2H3,(H,20,22). The third-order valence-corrected chi connectivity index (χ3v) is 3.83. The predicted octanol–water partition coefficient (Wildman–Crippen LogP) is 3.83. The summed E-state index contributed by atoms with van der Waals surface area (Å²) < 4.78 is 0.839. The van der Waals surface area contributed by atoms with Crippen molar-refractivity contribution in [1.29, 1.82) is 0 Å². The molecule has 22 heavy (non-hydrogen) atoms. The Balaban J connectivity index is 1.99. The van der Waals surface area contributed by atoms with Gasteiger partial charge in [-0.3, -0.25) is 9.79 Å². The summed E-state index contributed by atoms with van der Waals surface area (Å²) in [5, 5.41) is 12.5. The van der Waals surface area contributed by atoms with Crippen molar-refractivity contribution >= 4 is 33.7 Å². The zero-order valence-electron chi connectivity index (χ0n) is 12.4. The minimum atomic E-state index is -0.195. The number of nitrogens with zero attached hydrogens (tertiary/aromatic N) is 1. The van der Waals surface area contributed by atoms with E-state index in [2.05, 4.69) is 26.2 Å². The number of phenolic OH excluding ortho intramolecular Hbond substituents is 1. The fraction of sp³-hybridized carbons (Fsp3) is 0.176. The third kappa shape index (κ3) is 4.18. The van der Waals surface area contributed by atoms with Gasteiger partial charge in [0, 0.05) is 21.9 Å². The van der Waals surface area contributed by atoms with Crippen LogP contribution in [0.15, 0.2) is 45.9 Å². The second kappa shape index (κ2) is 7.22. The van der Waals surface area contributed by atoms with Gasteiger partial charge in [-0.05, 0) is 49.2 Å². The van der Waals surface area contributed by atoms with Crippen molar-refractivity contribution in [1.82, 2.24) is 0 Å². The van der Waals surface area contributed by atoms with Gasteiger partial charge < -0.3 is 10.4 Å². The Labute approximate surface area is 138 Å². The van der Waals surface area contributed by atoms with E-state index in [1.807, 2.05) is 32.0 Å². The van der Waals surface area contributed by atoms with Crippen LogP contribution in [-0.2, 0) is 4.79 Å². The summed E-state index contributed by atoms with van der Waals surface area (Å²) >= 11 is 3.32. The first-order valence-corrected chi connectivity index (χ1v) is 7.61. The lowest BCUT2D eigenvalue weighted by atomic mass is 10.1. The second-order valence-electron chi connectivity index (χ2n) is 4.97. The van der Waals surface area contributed by atoms with E-state index in [1.54, 1.807) is 18.2 Å². The smallest absolute Gasteiger partial charge is 0.246 e. The molecule has 1 amide bonds. The number of halogens is 1. The van der Waals surface area contributed by atoms with E-state index in [9.17, 15) is 9.90 Å². The zero-order valence-corrected chi connectivity index (χ0v) is 14.0. The van der Waals surface area contributed by atoms with E-state index in [0.29, 0.717) is 5.56 Å². The summed E-state index contributed by atoms with van der Waals surface area (Å²) in [5.41, 5.74) is 3.53. The van der Waals surface area contributed by atoms with Crippen molar-refractivity contribution in [2.45, 2.75) is 13.8 Å². The van der Waals surface area contributed by atoms with Crippen LogP contribution >= 0.6 is 15.9 Å². The Bertz CT molecular complexity index is 727. The van der Waals surface area contributed by atoms with E-state index in [1.165, 1.54) is 6.21 Å². The Hall–Kier alpha value is -2.14. The van der Waals surface area contributed by atoms with Crippen molar-refractivity contribution in [2.24, 2.45) is 4.99 Å². The highest BCUT2D eigenvalue weighted by Gasteiger charge is 2.05. The Morgan fingerprint density at radius 2 is 2.09 bits per heavy atom. The van der Waals surface area contributed by atoms with E-state index in [-0.39, 0.29) is 18.2 Å². The van der Waals surface area contributed by atoms with Crippen LogP contribution in [0.2, 0.25) is 0 Å². The Morgan fingerprint density at radius 3 is 2.86 bits per heavy atom. The third-order valence-electron chi connectivity index (χ3n) is 3.33. The molecule has 2 aromatic rings. The number of rotatable bonds is 4. The van der Waals surface area contributed by atoms with Crippen LogP contribution in [0.25, 0.3) is 0 Å². The first kappa shape index (κ1) is 16.2. The molecule has 0 unspecified atom stereocenters. The second-order valence-corrected chi connectivity index (χ2v) is 5.88. The molecule has 0 saturated heterocycles. The van der Waals surface area contributed by atoms with Gasteiger partial charge in [0.15, 0.2) is 0 Å². The van der Waals surface area contributed by atoms with Gasteiger partial charge >= 0.3 is 0 Å². The first-order chi connectivity index (χ1) is 10.5. The number of phenols is 1. The van der Waals surface area contributed by atoms with Gasteiger partial charge in [-0.15, -0.1) is 0 Å². The molecule has 4 nitrogen and oxygen atoms in total. The minimum Gasteiger partial charge on any atom is -0.507 e. The number of aryl methyl sites for hydroxylation is 1. The lowest BCUT2D eigenvalue weighted by molar-refractivity contribution is -0.114. The number of hydrogen-bond donors (Lipinski definition) is 2. The first-order valence-electron chi connectivity index (χ1n) is 6.82. The largest absolute Gasteiger partial charge is 0.507 e. The van der Waals surface area contributed by atoms with Crippen LogP contribution in [0.1, 0.15) is 16.7 Å². The maximum Gasteiger partial charge on any atom is 0.246 e. The number of aliphatic imine (C=N–C) groups is 1. The normalized spacial score (nSPS) is 10.9. The molecule has 2 N–H and O–H groups in total. The fourth-order valence-corrected chi connectivity index (χ4v) is 2.31. The molecule has 0 aliphatic heterocycles. The lowest BCUT2D eigenvalue weighted by Crippen LogP contribution is -2.15. The van der Waals surface area contributed by atoms with Crippen molar-refractivity contribution in [3.05, 3.63) is 57.6 Å². The minimum absolute atomic E-state index is 0.000659. The number of benzene rings is 2. The molecule has 0 bridgehead atoms. The topological polar surface area (TPSA) is 61.7 Å². The monoisotopic (exact) mass is 360 g/mol. The zero-order chi connectivity index (χ0) is 16.1. The fourth-order valence-electron chi connectivity index (χ4n) is 1.93. The Kier molecular flexibility index (Phi) is 5.33. The molecule has 2 aromatic carbocycles. The van der Waals surface area contributed by atoms with Crippen LogP contribution in [0, 0.1) is 13.8 Å². The van der Waals surface area contributed by atoms with Gasteiger partial charge in [0.25, 0.3) is 0 Å². The number of nitrogens with one attached hydrogen (secondary N) is 1. The van der Waals surface area contributed by atoms with E-state index >= 15 is 0 Å². The average Bonchev–Trinajstić information content (AvgIpc) is 2.47. The molecule has 2 rings (SSSR count). The summed E-state index contributed by atoms with van der Waals surface area (Å²) in [5.74, 6) is -0.0682. The van der Waals surface area contributed by atoms with Crippen LogP contribution in [0.4, 0.5) is 5.69 Å². The summed E-state index contributed by atoms with van der Waals surface area (Å²) in [6.07, 6.45) is 1.49. The Morgan fingerprint density at radius 1 is 1.32 bits per heavy atom. The molecule has 0 saturated carbocycles. The van der Waals surface area contributed by atoms with Gasteiger partial charge in [0.1, 0.15) is 12.3 Å². The molecule has 0 atom stereocenters. The molecule has 114 valence electrons. The molecule has 0 fully saturated rings. The molecule has 0 aliphatic rings. The van der Waals surface area contributed by atoms with Crippen LogP contribution < -0.4 is 5.32 Å². The maximum atomic E-state index is 11.9. The molecule has 0 aliphatic carbocycles. The van der Waals surface area contributed by atoms with Gasteiger partial charge in [-0.25, -0.2) is 0 Å². The highest BCUT2D eigenvalue weighted by molar-refractivity contribution is 9.10. The summed E-state index contributed by atoms with van der Waals surface area (Å²) in [4.78, 5) is 16.0. The highest BCUT2D eigenvalue weighted by Crippen LogP contribution is 2.20.